The first-order chi connectivity index (χ1) is 15.3. The first-order valence-electron chi connectivity index (χ1n) is 9.78. The summed E-state index contributed by atoms with van der Waals surface area (Å²) in [6, 6.07) is 20.1. The fourth-order valence-electron chi connectivity index (χ4n) is 3.80. The summed E-state index contributed by atoms with van der Waals surface area (Å²) in [7, 11) is 0. The Hall–Kier alpha value is -2.91. The van der Waals surface area contributed by atoms with E-state index in [1.165, 1.54) is 9.80 Å². The lowest BCUT2D eigenvalue weighted by Crippen LogP contribution is -2.43. The highest BCUT2D eigenvalue weighted by Crippen LogP contribution is 2.36. The zero-order valence-electron chi connectivity index (χ0n) is 16.7. The number of carboxylic acid groups (broad SMARTS) is 1. The largest absolute Gasteiger partial charge is 0.480 e. The van der Waals surface area contributed by atoms with Crippen LogP contribution in [0.15, 0.2) is 72.8 Å². The van der Waals surface area contributed by atoms with Crippen molar-refractivity contribution in [3.8, 4) is 0 Å². The number of rotatable bonds is 5. The molecule has 0 radical (unpaired) electrons. The molecule has 32 heavy (non-hydrogen) atoms. The number of hydrogen-bond acceptors (Lipinski definition) is 3. The Balaban J connectivity index is 1.91. The molecule has 4 rings (SSSR count). The molecule has 0 saturated carbocycles. The van der Waals surface area contributed by atoms with Gasteiger partial charge in [0.05, 0.1) is 11.3 Å². The standard InChI is InChI=1S/C24H18ClIN2O4/c25-17-8-6-16(7-9-17)22-24(32)27(14-21(29)30)20-11-10-18(26)12-19(20)23(31)28(22)13-15-4-2-1-3-5-15/h1-12,22H,13-14H2,(H,29,30). The minimum absolute atomic E-state index is 0.185. The average Bonchev–Trinajstić information content (AvgIpc) is 2.85. The second-order valence-electron chi connectivity index (χ2n) is 7.35. The Morgan fingerprint density at radius 1 is 1.00 bits per heavy atom. The van der Waals surface area contributed by atoms with Crippen molar-refractivity contribution in [2.45, 2.75) is 12.6 Å². The van der Waals surface area contributed by atoms with Crippen molar-refractivity contribution in [1.29, 1.82) is 0 Å². The average molecular weight is 561 g/mol. The van der Waals surface area contributed by atoms with Crippen LogP contribution in [0.2, 0.25) is 5.02 Å². The molecule has 3 aromatic carbocycles. The molecule has 6 nitrogen and oxygen atoms in total. The van der Waals surface area contributed by atoms with Gasteiger partial charge in [-0.1, -0.05) is 54.1 Å². The second kappa shape index (κ2) is 9.30. The normalized spacial score (nSPS) is 16.0. The SMILES string of the molecule is O=C(O)CN1C(=O)C(c2ccc(Cl)cc2)N(Cc2ccccc2)C(=O)c2cc(I)ccc21. The molecule has 0 saturated heterocycles. The monoisotopic (exact) mass is 560 g/mol. The Kier molecular flexibility index (Phi) is 6.48. The number of benzene rings is 3. The van der Waals surface area contributed by atoms with Crippen LogP contribution < -0.4 is 4.90 Å². The van der Waals surface area contributed by atoms with Crippen molar-refractivity contribution in [2.24, 2.45) is 0 Å². The van der Waals surface area contributed by atoms with Gasteiger partial charge >= 0.3 is 5.97 Å². The molecule has 0 spiro atoms. The third-order valence-electron chi connectivity index (χ3n) is 5.23. The van der Waals surface area contributed by atoms with Crippen LogP contribution in [-0.2, 0) is 16.1 Å². The summed E-state index contributed by atoms with van der Waals surface area (Å²) in [4.78, 5) is 41.9. The van der Waals surface area contributed by atoms with Gasteiger partial charge in [0.15, 0.2) is 0 Å². The summed E-state index contributed by atoms with van der Waals surface area (Å²) in [5.74, 6) is -2.00. The predicted octanol–water partition coefficient (Wildman–Crippen LogP) is 4.76. The Labute approximate surface area is 203 Å². The first-order valence-corrected chi connectivity index (χ1v) is 11.2. The molecule has 8 heteroatoms. The molecular formula is C24H18ClIN2O4. The number of aliphatic carboxylic acids is 1. The Morgan fingerprint density at radius 2 is 1.69 bits per heavy atom. The third kappa shape index (κ3) is 4.49. The first kappa shape index (κ1) is 22.3. The molecular weight excluding hydrogens is 543 g/mol. The highest BCUT2D eigenvalue weighted by molar-refractivity contribution is 14.1. The quantitative estimate of drug-likeness (QED) is 0.457. The lowest BCUT2D eigenvalue weighted by molar-refractivity contribution is -0.137. The molecule has 0 bridgehead atoms. The van der Waals surface area contributed by atoms with Gasteiger partial charge in [-0.05, 0) is 64.0 Å². The van der Waals surface area contributed by atoms with Crippen LogP contribution in [0.5, 0.6) is 0 Å². The number of anilines is 1. The second-order valence-corrected chi connectivity index (χ2v) is 9.03. The van der Waals surface area contributed by atoms with Crippen molar-refractivity contribution >= 4 is 57.7 Å². The summed E-state index contributed by atoms with van der Waals surface area (Å²) in [6.07, 6.45) is 0. The number of carbonyl (C=O) groups excluding carboxylic acids is 2. The van der Waals surface area contributed by atoms with Crippen molar-refractivity contribution in [1.82, 2.24) is 4.90 Å². The molecule has 0 aromatic heterocycles. The molecule has 1 aliphatic heterocycles. The number of halogens is 2. The lowest BCUT2D eigenvalue weighted by atomic mass is 10.0. The van der Waals surface area contributed by atoms with Gasteiger partial charge < -0.3 is 10.0 Å². The molecule has 0 fully saturated rings. The number of hydrogen-bond donors (Lipinski definition) is 1. The Bertz CT molecular complexity index is 1180. The maximum absolute atomic E-state index is 13.8. The number of amides is 2. The smallest absolute Gasteiger partial charge is 0.323 e. The molecule has 1 unspecified atom stereocenters. The van der Waals surface area contributed by atoms with Gasteiger partial charge in [0.25, 0.3) is 11.8 Å². The van der Waals surface area contributed by atoms with Crippen molar-refractivity contribution in [2.75, 3.05) is 11.4 Å². The number of nitrogens with zero attached hydrogens (tertiary/aromatic N) is 2. The van der Waals surface area contributed by atoms with E-state index >= 15 is 0 Å². The molecule has 2 amide bonds. The van der Waals surface area contributed by atoms with E-state index in [4.69, 9.17) is 11.6 Å². The van der Waals surface area contributed by atoms with Crippen LogP contribution in [0.3, 0.4) is 0 Å². The van der Waals surface area contributed by atoms with Crippen molar-refractivity contribution in [3.63, 3.8) is 0 Å². The van der Waals surface area contributed by atoms with E-state index in [1.54, 1.807) is 42.5 Å². The number of carboxylic acids is 1. The number of fused-ring (bicyclic) bond motifs is 1. The van der Waals surface area contributed by atoms with Gasteiger partial charge in [0.1, 0.15) is 12.6 Å². The van der Waals surface area contributed by atoms with E-state index in [0.29, 0.717) is 16.1 Å². The summed E-state index contributed by atoms with van der Waals surface area (Å²) in [5.41, 5.74) is 1.99. The van der Waals surface area contributed by atoms with Crippen LogP contribution in [0, 0.1) is 3.57 Å². The van der Waals surface area contributed by atoms with Gasteiger partial charge in [0, 0.05) is 15.1 Å². The van der Waals surface area contributed by atoms with Gasteiger partial charge in [-0.2, -0.15) is 0 Å². The minimum atomic E-state index is -1.17. The lowest BCUT2D eigenvalue weighted by Gasteiger charge is -2.31. The van der Waals surface area contributed by atoms with E-state index in [9.17, 15) is 19.5 Å². The van der Waals surface area contributed by atoms with E-state index in [0.717, 1.165) is 9.13 Å². The molecule has 1 atom stereocenters. The van der Waals surface area contributed by atoms with Gasteiger partial charge in [0.2, 0.25) is 0 Å². The molecule has 3 aromatic rings. The molecule has 162 valence electrons. The maximum Gasteiger partial charge on any atom is 0.323 e. The van der Waals surface area contributed by atoms with Gasteiger partial charge in [-0.25, -0.2) is 0 Å². The fraction of sp³-hybridized carbons (Fsp3) is 0.125. The van der Waals surface area contributed by atoms with Crippen LogP contribution in [0.25, 0.3) is 0 Å². The molecule has 1 aliphatic rings. The zero-order chi connectivity index (χ0) is 22.8. The summed E-state index contributed by atoms with van der Waals surface area (Å²) in [5, 5.41) is 10.0. The Morgan fingerprint density at radius 3 is 2.34 bits per heavy atom. The van der Waals surface area contributed by atoms with Crippen LogP contribution in [-0.4, -0.2) is 34.3 Å². The summed E-state index contributed by atoms with van der Waals surface area (Å²) >= 11 is 8.14. The van der Waals surface area contributed by atoms with Crippen molar-refractivity contribution < 1.29 is 19.5 Å². The van der Waals surface area contributed by atoms with Crippen molar-refractivity contribution in [3.05, 3.63) is 98.1 Å². The van der Waals surface area contributed by atoms with Crippen LogP contribution >= 0.6 is 34.2 Å². The van der Waals surface area contributed by atoms with Crippen LogP contribution in [0.4, 0.5) is 5.69 Å². The highest BCUT2D eigenvalue weighted by Gasteiger charge is 2.41. The zero-order valence-corrected chi connectivity index (χ0v) is 19.7. The fourth-order valence-corrected chi connectivity index (χ4v) is 4.41. The van der Waals surface area contributed by atoms with E-state index in [1.807, 2.05) is 30.3 Å². The predicted molar refractivity (Wildman–Crippen MR) is 130 cm³/mol. The molecule has 1 N–H and O–H groups in total. The molecule has 0 aliphatic carbocycles. The van der Waals surface area contributed by atoms with Gasteiger partial charge in [-0.15, -0.1) is 0 Å². The topological polar surface area (TPSA) is 77.9 Å². The van der Waals surface area contributed by atoms with Crippen LogP contribution in [0.1, 0.15) is 27.5 Å². The third-order valence-corrected chi connectivity index (χ3v) is 6.15. The summed E-state index contributed by atoms with van der Waals surface area (Å²) in [6.45, 7) is -0.368. The highest BCUT2D eigenvalue weighted by atomic mass is 127. The van der Waals surface area contributed by atoms with E-state index in [2.05, 4.69) is 22.6 Å². The maximum atomic E-state index is 13.8. The van der Waals surface area contributed by atoms with E-state index in [-0.39, 0.29) is 18.1 Å². The molecule has 1 heterocycles. The number of carbonyl (C=O) groups is 3. The summed E-state index contributed by atoms with van der Waals surface area (Å²) < 4.78 is 0.807. The van der Waals surface area contributed by atoms with Gasteiger partial charge in [-0.3, -0.25) is 19.3 Å². The van der Waals surface area contributed by atoms with E-state index < -0.39 is 24.5 Å². The minimum Gasteiger partial charge on any atom is -0.480 e.